The quantitative estimate of drug-likeness (QED) is 0.806. The third-order valence-electron chi connectivity index (χ3n) is 3.18. The van der Waals surface area contributed by atoms with E-state index in [1.54, 1.807) is 0 Å². The zero-order valence-electron chi connectivity index (χ0n) is 11.3. The summed E-state index contributed by atoms with van der Waals surface area (Å²) in [6.07, 6.45) is 0.733. The Morgan fingerprint density at radius 1 is 1.50 bits per heavy atom. The highest BCUT2D eigenvalue weighted by molar-refractivity contribution is 8.00. The summed E-state index contributed by atoms with van der Waals surface area (Å²) in [5.41, 5.74) is 5.59. The predicted octanol–water partition coefficient (Wildman–Crippen LogP) is 1.12. The molecule has 0 aromatic rings. The zero-order valence-corrected chi connectivity index (χ0v) is 12.2. The molecule has 0 spiro atoms. The number of nitrogens with zero attached hydrogens (tertiary/aromatic N) is 1. The van der Waals surface area contributed by atoms with Crippen LogP contribution in [0.15, 0.2) is 0 Å². The van der Waals surface area contributed by atoms with Crippen LogP contribution in [-0.4, -0.2) is 45.1 Å². The highest BCUT2D eigenvalue weighted by Gasteiger charge is 2.44. The van der Waals surface area contributed by atoms with E-state index in [-0.39, 0.29) is 16.7 Å². The zero-order chi connectivity index (χ0) is 14.1. The molecule has 1 aliphatic rings. The topological polar surface area (TPSA) is 83.6 Å². The molecule has 0 aliphatic carbocycles. The second-order valence-corrected chi connectivity index (χ2v) is 6.85. The Morgan fingerprint density at radius 2 is 2.06 bits per heavy atom. The minimum atomic E-state index is -0.951. The third kappa shape index (κ3) is 2.98. The maximum absolute atomic E-state index is 12.4. The highest BCUT2D eigenvalue weighted by atomic mass is 32.2. The number of carbonyl (C=O) groups is 2. The van der Waals surface area contributed by atoms with Crippen LogP contribution >= 0.6 is 11.8 Å². The van der Waals surface area contributed by atoms with Gasteiger partial charge in [0.1, 0.15) is 6.04 Å². The van der Waals surface area contributed by atoms with Gasteiger partial charge in [0.2, 0.25) is 5.91 Å². The van der Waals surface area contributed by atoms with Crippen molar-refractivity contribution in [2.24, 2.45) is 11.1 Å². The molecule has 1 fully saturated rings. The van der Waals surface area contributed by atoms with Crippen LogP contribution in [0.25, 0.3) is 0 Å². The van der Waals surface area contributed by atoms with Crippen molar-refractivity contribution < 1.29 is 14.7 Å². The van der Waals surface area contributed by atoms with Crippen molar-refractivity contribution in [1.82, 2.24) is 4.90 Å². The molecule has 0 aromatic carbocycles. The minimum Gasteiger partial charge on any atom is -0.480 e. The molecule has 0 radical (unpaired) electrons. The maximum Gasteiger partial charge on any atom is 0.327 e. The Balaban J connectivity index is 2.95. The van der Waals surface area contributed by atoms with Crippen LogP contribution < -0.4 is 5.73 Å². The molecule has 18 heavy (non-hydrogen) atoms. The Bertz CT molecular complexity index is 341. The van der Waals surface area contributed by atoms with E-state index in [4.69, 9.17) is 5.73 Å². The standard InChI is InChI=1S/C12H22N2O3S/c1-5-8-14(7(6-18-8)11(16)17)10(15)9(13)12(2,3)4/h7-9H,5-6,13H2,1-4H3,(H,16,17)/t7?,8?,9-/m1/s1. The van der Waals surface area contributed by atoms with Crippen LogP contribution in [0.5, 0.6) is 0 Å². The normalized spacial score (nSPS) is 26.2. The van der Waals surface area contributed by atoms with Gasteiger partial charge >= 0.3 is 5.97 Å². The molecule has 1 amide bonds. The molecule has 1 heterocycles. The lowest BCUT2D eigenvalue weighted by atomic mass is 9.86. The molecular formula is C12H22N2O3S. The SMILES string of the molecule is CCC1SCC(C(=O)O)N1C(=O)[C@@H](N)C(C)(C)C. The van der Waals surface area contributed by atoms with Gasteiger partial charge in [-0.3, -0.25) is 4.79 Å². The molecule has 1 rings (SSSR count). The van der Waals surface area contributed by atoms with Crippen molar-refractivity contribution in [2.75, 3.05) is 5.75 Å². The van der Waals surface area contributed by atoms with Gasteiger partial charge in [0, 0.05) is 5.75 Å². The van der Waals surface area contributed by atoms with Crippen LogP contribution in [0, 0.1) is 5.41 Å². The minimum absolute atomic E-state index is 0.0769. The number of carboxylic acids is 1. The van der Waals surface area contributed by atoms with Crippen LogP contribution in [0.1, 0.15) is 34.1 Å². The second kappa shape index (κ2) is 5.48. The van der Waals surface area contributed by atoms with Crippen molar-refractivity contribution in [2.45, 2.75) is 51.6 Å². The first-order chi connectivity index (χ1) is 8.20. The number of rotatable bonds is 3. The molecular weight excluding hydrogens is 252 g/mol. The highest BCUT2D eigenvalue weighted by Crippen LogP contribution is 2.33. The molecule has 0 aromatic heterocycles. The Hall–Kier alpha value is -0.750. The van der Waals surface area contributed by atoms with Gasteiger partial charge in [-0.05, 0) is 11.8 Å². The molecule has 2 unspecified atom stereocenters. The van der Waals surface area contributed by atoms with E-state index in [0.29, 0.717) is 5.75 Å². The Labute approximate surface area is 112 Å². The van der Waals surface area contributed by atoms with Crippen molar-refractivity contribution in [3.63, 3.8) is 0 Å². The molecule has 1 aliphatic heterocycles. The largest absolute Gasteiger partial charge is 0.480 e. The summed E-state index contributed by atoms with van der Waals surface area (Å²) >= 11 is 1.51. The van der Waals surface area contributed by atoms with Crippen molar-refractivity contribution in [3.05, 3.63) is 0 Å². The molecule has 3 atom stereocenters. The lowest BCUT2D eigenvalue weighted by molar-refractivity contribution is -0.150. The number of hydrogen-bond donors (Lipinski definition) is 2. The molecule has 0 bridgehead atoms. The maximum atomic E-state index is 12.4. The Morgan fingerprint density at radius 3 is 2.44 bits per heavy atom. The molecule has 0 saturated carbocycles. The monoisotopic (exact) mass is 274 g/mol. The summed E-state index contributed by atoms with van der Waals surface area (Å²) < 4.78 is 0. The van der Waals surface area contributed by atoms with Crippen molar-refractivity contribution >= 4 is 23.6 Å². The number of amides is 1. The number of carboxylic acid groups (broad SMARTS) is 1. The van der Waals surface area contributed by atoms with Gasteiger partial charge in [0.15, 0.2) is 0 Å². The van der Waals surface area contributed by atoms with Crippen LogP contribution in [0.3, 0.4) is 0 Å². The summed E-state index contributed by atoms with van der Waals surface area (Å²) in [6, 6.07) is -1.42. The fraction of sp³-hybridized carbons (Fsp3) is 0.833. The molecule has 104 valence electrons. The molecule has 6 heteroatoms. The van der Waals surface area contributed by atoms with E-state index < -0.39 is 18.1 Å². The van der Waals surface area contributed by atoms with Crippen LogP contribution in [-0.2, 0) is 9.59 Å². The summed E-state index contributed by atoms with van der Waals surface area (Å²) in [4.78, 5) is 25.1. The third-order valence-corrected chi connectivity index (χ3v) is 4.63. The number of thioether (sulfide) groups is 1. The van der Waals surface area contributed by atoms with Gasteiger partial charge in [-0.15, -0.1) is 11.8 Å². The van der Waals surface area contributed by atoms with Crippen LogP contribution in [0.2, 0.25) is 0 Å². The lowest BCUT2D eigenvalue weighted by Crippen LogP contribution is -2.55. The predicted molar refractivity (Wildman–Crippen MR) is 72.2 cm³/mol. The smallest absolute Gasteiger partial charge is 0.327 e. The van der Waals surface area contributed by atoms with E-state index in [1.807, 2.05) is 27.7 Å². The van der Waals surface area contributed by atoms with E-state index >= 15 is 0 Å². The number of hydrogen-bond acceptors (Lipinski definition) is 4. The van der Waals surface area contributed by atoms with Crippen molar-refractivity contribution in [3.8, 4) is 0 Å². The summed E-state index contributed by atoms with van der Waals surface area (Å²) in [6.45, 7) is 7.60. The average Bonchev–Trinajstić information content (AvgIpc) is 2.69. The fourth-order valence-electron chi connectivity index (χ4n) is 1.89. The van der Waals surface area contributed by atoms with E-state index in [0.717, 1.165) is 6.42 Å². The molecule has 3 N–H and O–H groups in total. The lowest BCUT2D eigenvalue weighted by Gasteiger charge is -2.34. The number of aliphatic carboxylic acids is 1. The fourth-order valence-corrected chi connectivity index (χ4v) is 3.25. The van der Waals surface area contributed by atoms with Gasteiger partial charge in [-0.2, -0.15) is 0 Å². The first kappa shape index (κ1) is 15.3. The first-order valence-electron chi connectivity index (χ1n) is 6.12. The van der Waals surface area contributed by atoms with Gasteiger partial charge in [-0.25, -0.2) is 4.79 Å². The van der Waals surface area contributed by atoms with E-state index in [1.165, 1.54) is 16.7 Å². The number of nitrogens with two attached hydrogens (primary N) is 1. The van der Waals surface area contributed by atoms with Gasteiger partial charge in [-0.1, -0.05) is 27.7 Å². The first-order valence-corrected chi connectivity index (χ1v) is 7.17. The van der Waals surface area contributed by atoms with Crippen LogP contribution in [0.4, 0.5) is 0 Å². The van der Waals surface area contributed by atoms with Gasteiger partial charge in [0.05, 0.1) is 11.4 Å². The number of carbonyl (C=O) groups excluding carboxylic acids is 1. The van der Waals surface area contributed by atoms with E-state index in [9.17, 15) is 14.7 Å². The average molecular weight is 274 g/mol. The van der Waals surface area contributed by atoms with Gasteiger partial charge in [0.25, 0.3) is 0 Å². The Kier molecular flexibility index (Phi) is 4.66. The molecule has 5 nitrogen and oxygen atoms in total. The summed E-state index contributed by atoms with van der Waals surface area (Å²) in [5, 5.41) is 9.11. The summed E-state index contributed by atoms with van der Waals surface area (Å²) in [7, 11) is 0. The summed E-state index contributed by atoms with van der Waals surface area (Å²) in [5.74, 6) is -0.768. The van der Waals surface area contributed by atoms with Gasteiger partial charge < -0.3 is 15.7 Å². The second-order valence-electron chi connectivity index (χ2n) is 5.64. The molecule has 1 saturated heterocycles. The van der Waals surface area contributed by atoms with E-state index in [2.05, 4.69) is 0 Å². The van der Waals surface area contributed by atoms with Crippen molar-refractivity contribution in [1.29, 1.82) is 0 Å².